The van der Waals surface area contributed by atoms with Crippen LogP contribution in [-0.2, 0) is 21.2 Å². The van der Waals surface area contributed by atoms with Gasteiger partial charge < -0.3 is 9.84 Å². The fourth-order valence-electron chi connectivity index (χ4n) is 2.47. The maximum atomic E-state index is 14.0. The van der Waals surface area contributed by atoms with Crippen molar-refractivity contribution in [3.8, 4) is 0 Å². The van der Waals surface area contributed by atoms with Gasteiger partial charge in [0, 0.05) is 11.3 Å². The second-order valence-corrected chi connectivity index (χ2v) is 8.83. The SMILES string of the molecule is Cc1noc(NS(=O)(=O)c2ccc(NC(=O)Cc3cccc(Br)c3F)cc2)c1C. The standard InChI is InChI=1S/C19H17BrFN3O4S/c1-11-12(2)23-28-19(11)24-29(26,27)15-8-6-14(7-9-15)22-17(25)10-13-4-3-5-16(20)18(13)21/h3-9,24H,10H2,1-2H3,(H,22,25). The van der Waals surface area contributed by atoms with E-state index in [4.69, 9.17) is 4.52 Å². The summed E-state index contributed by atoms with van der Waals surface area (Å²) in [5.74, 6) is -0.868. The Morgan fingerprint density at radius 2 is 1.86 bits per heavy atom. The lowest BCUT2D eigenvalue weighted by atomic mass is 10.1. The molecule has 1 aromatic heterocycles. The zero-order valence-electron chi connectivity index (χ0n) is 15.5. The van der Waals surface area contributed by atoms with Gasteiger partial charge >= 0.3 is 0 Å². The minimum Gasteiger partial charge on any atom is -0.337 e. The molecular formula is C19H17BrFN3O4S. The summed E-state index contributed by atoms with van der Waals surface area (Å²) in [6, 6.07) is 10.3. The second-order valence-electron chi connectivity index (χ2n) is 6.29. The molecule has 0 saturated heterocycles. The van der Waals surface area contributed by atoms with Crippen molar-refractivity contribution in [2.45, 2.75) is 25.2 Å². The zero-order valence-corrected chi connectivity index (χ0v) is 17.9. The number of aromatic nitrogens is 1. The van der Waals surface area contributed by atoms with Crippen LogP contribution in [0.5, 0.6) is 0 Å². The van der Waals surface area contributed by atoms with E-state index in [1.165, 1.54) is 30.3 Å². The molecule has 1 heterocycles. The Hall–Kier alpha value is -2.72. The van der Waals surface area contributed by atoms with E-state index in [9.17, 15) is 17.6 Å². The van der Waals surface area contributed by atoms with Crippen molar-refractivity contribution >= 4 is 43.4 Å². The minimum atomic E-state index is -3.88. The van der Waals surface area contributed by atoms with Crippen LogP contribution < -0.4 is 10.0 Å². The molecule has 2 aromatic carbocycles. The molecule has 10 heteroatoms. The third kappa shape index (κ3) is 4.83. The second kappa shape index (κ2) is 8.34. The molecule has 3 rings (SSSR count). The Morgan fingerprint density at radius 1 is 1.17 bits per heavy atom. The highest BCUT2D eigenvalue weighted by Crippen LogP contribution is 2.23. The molecule has 0 spiro atoms. The molecule has 0 atom stereocenters. The predicted octanol–water partition coefficient (Wildman–Crippen LogP) is 4.18. The van der Waals surface area contributed by atoms with Crippen LogP contribution in [0, 0.1) is 19.7 Å². The largest absolute Gasteiger partial charge is 0.337 e. The Morgan fingerprint density at radius 3 is 2.48 bits per heavy atom. The van der Waals surface area contributed by atoms with E-state index in [2.05, 4.69) is 31.1 Å². The molecule has 1 amide bonds. The Kier molecular flexibility index (Phi) is 6.04. The monoisotopic (exact) mass is 481 g/mol. The number of carbonyl (C=O) groups is 1. The van der Waals surface area contributed by atoms with Crippen LogP contribution in [0.15, 0.2) is 56.4 Å². The van der Waals surface area contributed by atoms with Crippen molar-refractivity contribution in [3.05, 3.63) is 69.6 Å². The van der Waals surface area contributed by atoms with Gasteiger partial charge in [0.25, 0.3) is 10.0 Å². The van der Waals surface area contributed by atoms with E-state index < -0.39 is 21.7 Å². The highest BCUT2D eigenvalue weighted by molar-refractivity contribution is 9.10. The number of halogens is 2. The number of amides is 1. The van der Waals surface area contributed by atoms with Gasteiger partial charge in [-0.1, -0.05) is 17.3 Å². The molecule has 0 radical (unpaired) electrons. The molecule has 3 aromatic rings. The smallest absolute Gasteiger partial charge is 0.264 e. The first-order chi connectivity index (χ1) is 13.7. The minimum absolute atomic E-state index is 0.0120. The molecule has 0 aliphatic rings. The summed E-state index contributed by atoms with van der Waals surface area (Å²) in [7, 11) is -3.88. The number of benzene rings is 2. The summed E-state index contributed by atoms with van der Waals surface area (Å²) in [4.78, 5) is 12.2. The highest BCUT2D eigenvalue weighted by Gasteiger charge is 2.19. The van der Waals surface area contributed by atoms with Crippen LogP contribution in [0.25, 0.3) is 0 Å². The fourth-order valence-corrected chi connectivity index (χ4v) is 3.93. The van der Waals surface area contributed by atoms with E-state index in [1.54, 1.807) is 26.0 Å². The van der Waals surface area contributed by atoms with Crippen LogP contribution in [0.2, 0.25) is 0 Å². The van der Waals surface area contributed by atoms with Gasteiger partial charge in [0.1, 0.15) is 5.82 Å². The Labute approximate surface area is 175 Å². The van der Waals surface area contributed by atoms with Crippen molar-refractivity contribution < 1.29 is 22.1 Å². The van der Waals surface area contributed by atoms with Crippen molar-refractivity contribution in [2.75, 3.05) is 10.0 Å². The average molecular weight is 482 g/mol. The summed E-state index contributed by atoms with van der Waals surface area (Å²) in [5, 5.41) is 6.32. The molecule has 0 saturated carbocycles. The number of sulfonamides is 1. The summed E-state index contributed by atoms with van der Waals surface area (Å²) < 4.78 is 46.5. The number of hydrogen-bond acceptors (Lipinski definition) is 5. The first-order valence-electron chi connectivity index (χ1n) is 8.46. The van der Waals surface area contributed by atoms with E-state index >= 15 is 0 Å². The molecule has 0 bridgehead atoms. The molecule has 7 nitrogen and oxygen atoms in total. The number of rotatable bonds is 6. The number of anilines is 2. The van der Waals surface area contributed by atoms with Crippen molar-refractivity contribution in [1.29, 1.82) is 0 Å². The first kappa shape index (κ1) is 21.0. The molecule has 0 aliphatic carbocycles. The van der Waals surface area contributed by atoms with Gasteiger partial charge in [0.15, 0.2) is 0 Å². The molecule has 0 aliphatic heterocycles. The lowest BCUT2D eigenvalue weighted by Gasteiger charge is -2.09. The quantitative estimate of drug-likeness (QED) is 0.549. The van der Waals surface area contributed by atoms with Crippen molar-refractivity contribution in [2.24, 2.45) is 0 Å². The third-order valence-corrected chi connectivity index (χ3v) is 6.17. The van der Waals surface area contributed by atoms with Crippen molar-refractivity contribution in [3.63, 3.8) is 0 Å². The number of hydrogen-bond donors (Lipinski definition) is 2. The van der Waals surface area contributed by atoms with E-state index in [0.29, 0.717) is 16.9 Å². The summed E-state index contributed by atoms with van der Waals surface area (Å²) in [6.07, 6.45) is -0.156. The maximum absolute atomic E-state index is 14.0. The molecular weight excluding hydrogens is 465 g/mol. The number of carbonyl (C=O) groups excluding carboxylic acids is 1. The predicted molar refractivity (Wildman–Crippen MR) is 110 cm³/mol. The third-order valence-electron chi connectivity index (χ3n) is 4.22. The van der Waals surface area contributed by atoms with Crippen LogP contribution >= 0.6 is 15.9 Å². The van der Waals surface area contributed by atoms with Crippen LogP contribution in [0.1, 0.15) is 16.8 Å². The van der Waals surface area contributed by atoms with E-state index in [-0.39, 0.29) is 27.2 Å². The molecule has 29 heavy (non-hydrogen) atoms. The molecule has 0 fully saturated rings. The zero-order chi connectivity index (χ0) is 21.2. The lowest BCUT2D eigenvalue weighted by molar-refractivity contribution is -0.115. The average Bonchev–Trinajstić information content (AvgIpc) is 2.97. The summed E-state index contributed by atoms with van der Waals surface area (Å²) >= 11 is 3.08. The normalized spacial score (nSPS) is 11.3. The summed E-state index contributed by atoms with van der Waals surface area (Å²) in [6.45, 7) is 3.39. The van der Waals surface area contributed by atoms with Crippen molar-refractivity contribution in [1.82, 2.24) is 5.16 Å². The van der Waals surface area contributed by atoms with E-state index in [1.807, 2.05) is 0 Å². The fraction of sp³-hybridized carbons (Fsp3) is 0.158. The molecule has 2 N–H and O–H groups in total. The number of aryl methyl sites for hydroxylation is 1. The maximum Gasteiger partial charge on any atom is 0.264 e. The van der Waals surface area contributed by atoms with Gasteiger partial charge in [-0.05, 0) is 65.7 Å². The highest BCUT2D eigenvalue weighted by atomic mass is 79.9. The van der Waals surface area contributed by atoms with E-state index in [0.717, 1.165) is 0 Å². The number of nitrogens with zero attached hydrogens (tertiary/aromatic N) is 1. The van der Waals surface area contributed by atoms with Gasteiger partial charge in [0.2, 0.25) is 11.8 Å². The number of nitrogens with one attached hydrogen (secondary N) is 2. The first-order valence-corrected chi connectivity index (χ1v) is 10.7. The Bertz CT molecular complexity index is 1160. The molecule has 152 valence electrons. The van der Waals surface area contributed by atoms with Gasteiger partial charge in [-0.15, -0.1) is 0 Å². The van der Waals surface area contributed by atoms with Crippen LogP contribution in [0.4, 0.5) is 16.0 Å². The van der Waals surface area contributed by atoms with Crippen LogP contribution in [0.3, 0.4) is 0 Å². The van der Waals surface area contributed by atoms with Gasteiger partial charge in [-0.3, -0.25) is 4.79 Å². The molecule has 0 unspecified atom stereocenters. The topological polar surface area (TPSA) is 101 Å². The van der Waals surface area contributed by atoms with Gasteiger partial charge in [0.05, 0.1) is 21.5 Å². The van der Waals surface area contributed by atoms with Gasteiger partial charge in [-0.25, -0.2) is 17.5 Å². The van der Waals surface area contributed by atoms with Gasteiger partial charge in [-0.2, -0.15) is 0 Å². The van der Waals surface area contributed by atoms with Crippen LogP contribution in [-0.4, -0.2) is 19.5 Å². The summed E-state index contributed by atoms with van der Waals surface area (Å²) in [5.41, 5.74) is 1.81. The Balaban J connectivity index is 1.68. The lowest BCUT2D eigenvalue weighted by Crippen LogP contribution is -2.16.